The highest BCUT2D eigenvalue weighted by atomic mass is 32.1. The molecule has 4 aromatic rings. The van der Waals surface area contributed by atoms with Gasteiger partial charge in [0.15, 0.2) is 5.76 Å². The van der Waals surface area contributed by atoms with Crippen molar-refractivity contribution in [1.82, 2.24) is 4.98 Å². The topological polar surface area (TPSA) is 88.1 Å². The predicted octanol–water partition coefficient (Wildman–Crippen LogP) is 5.79. The quantitative estimate of drug-likeness (QED) is 0.389. The van der Waals surface area contributed by atoms with Gasteiger partial charge in [-0.1, -0.05) is 29.5 Å². The van der Waals surface area contributed by atoms with Crippen LogP contribution in [0.15, 0.2) is 64.6 Å². The predicted molar refractivity (Wildman–Crippen MR) is 119 cm³/mol. The van der Waals surface area contributed by atoms with Crippen LogP contribution in [0.1, 0.15) is 21.1 Å². The van der Waals surface area contributed by atoms with Gasteiger partial charge in [0.25, 0.3) is 5.91 Å². The second-order valence-electron chi connectivity index (χ2n) is 6.05. The molecule has 1 N–H and O–H groups in total. The lowest BCUT2D eigenvalue weighted by molar-refractivity contribution is 0.0997. The Morgan fingerprint density at radius 1 is 1.27 bits per heavy atom. The Kier molecular flexibility index (Phi) is 5.75. The first-order valence-electron chi connectivity index (χ1n) is 8.83. The highest BCUT2D eigenvalue weighted by Crippen LogP contribution is 2.38. The molecule has 3 heterocycles. The largest absolute Gasteiger partial charge is 0.497 e. The molecule has 0 radical (unpaired) electrons. The van der Waals surface area contributed by atoms with Crippen molar-refractivity contribution in [2.75, 3.05) is 12.4 Å². The van der Waals surface area contributed by atoms with Crippen LogP contribution in [0.3, 0.4) is 0 Å². The number of allylic oxidation sites excluding steroid dienone is 1. The summed E-state index contributed by atoms with van der Waals surface area (Å²) in [6.07, 6.45) is 3.19. The van der Waals surface area contributed by atoms with Crippen LogP contribution in [-0.4, -0.2) is 18.0 Å². The number of methoxy groups -OCH3 is 1. The lowest BCUT2D eigenvalue weighted by atomic mass is 10.1. The van der Waals surface area contributed by atoms with Crippen molar-refractivity contribution in [3.05, 3.63) is 76.5 Å². The summed E-state index contributed by atoms with van der Waals surface area (Å²) in [7, 11) is 1.59. The first-order valence-corrected chi connectivity index (χ1v) is 10.5. The number of aromatic nitrogens is 1. The molecule has 0 atom stereocenters. The smallest absolute Gasteiger partial charge is 0.292 e. The molecular weight excluding hydrogens is 418 g/mol. The molecule has 6 nitrogen and oxygen atoms in total. The number of thiazole rings is 1. The van der Waals surface area contributed by atoms with Gasteiger partial charge in [-0.25, -0.2) is 4.98 Å². The summed E-state index contributed by atoms with van der Waals surface area (Å²) in [6, 6.07) is 16.7. The number of nitrogens with zero attached hydrogens (tertiary/aromatic N) is 2. The van der Waals surface area contributed by atoms with Crippen molar-refractivity contribution >= 4 is 45.2 Å². The van der Waals surface area contributed by atoms with E-state index in [1.807, 2.05) is 41.8 Å². The van der Waals surface area contributed by atoms with E-state index in [1.165, 1.54) is 28.9 Å². The zero-order valence-electron chi connectivity index (χ0n) is 15.8. The number of amides is 1. The molecule has 30 heavy (non-hydrogen) atoms. The third-order valence-electron chi connectivity index (χ3n) is 4.11. The molecule has 0 aliphatic heterocycles. The summed E-state index contributed by atoms with van der Waals surface area (Å²) in [5, 5.41) is 15.6. The molecule has 1 aromatic carbocycles. The average Bonchev–Trinajstić information content (AvgIpc) is 3.53. The summed E-state index contributed by atoms with van der Waals surface area (Å²) in [4.78, 5) is 18.0. The highest BCUT2D eigenvalue weighted by molar-refractivity contribution is 7.19. The summed E-state index contributed by atoms with van der Waals surface area (Å²) < 4.78 is 10.4. The van der Waals surface area contributed by atoms with Crippen LogP contribution in [-0.2, 0) is 0 Å². The van der Waals surface area contributed by atoms with E-state index in [1.54, 1.807) is 25.3 Å². The second-order valence-corrected chi connectivity index (χ2v) is 8.00. The number of hydrogen-bond donors (Lipinski definition) is 1. The normalized spacial score (nSPS) is 11.1. The van der Waals surface area contributed by atoms with Gasteiger partial charge < -0.3 is 14.5 Å². The van der Waals surface area contributed by atoms with Gasteiger partial charge in [-0.2, -0.15) is 5.26 Å². The number of nitrogens with one attached hydrogen (secondary N) is 1. The monoisotopic (exact) mass is 433 g/mol. The average molecular weight is 434 g/mol. The van der Waals surface area contributed by atoms with Gasteiger partial charge in [-0.05, 0) is 47.4 Å². The molecule has 0 spiro atoms. The Hall–Kier alpha value is -3.67. The van der Waals surface area contributed by atoms with E-state index >= 15 is 0 Å². The number of ether oxygens (including phenoxy) is 1. The van der Waals surface area contributed by atoms with Crippen LogP contribution in [0.4, 0.5) is 5.00 Å². The van der Waals surface area contributed by atoms with Gasteiger partial charge in [-0.15, -0.1) is 11.3 Å². The molecule has 0 unspecified atom stereocenters. The lowest BCUT2D eigenvalue weighted by Crippen LogP contribution is -2.10. The first kappa shape index (κ1) is 19.6. The zero-order valence-corrected chi connectivity index (χ0v) is 17.4. The number of thiophene rings is 1. The van der Waals surface area contributed by atoms with E-state index in [0.717, 1.165) is 10.4 Å². The SMILES string of the molecule is COc1cccc(/C=C(\C#N)c2nc(-c3cccs3)c(NC(=O)c3ccco3)s2)c1. The summed E-state index contributed by atoms with van der Waals surface area (Å²) in [6.45, 7) is 0. The maximum atomic E-state index is 12.5. The summed E-state index contributed by atoms with van der Waals surface area (Å²) in [5.74, 6) is 0.531. The van der Waals surface area contributed by atoms with E-state index < -0.39 is 0 Å². The van der Waals surface area contributed by atoms with Crippen LogP contribution in [0.2, 0.25) is 0 Å². The molecule has 0 aliphatic rings. The number of anilines is 1. The number of rotatable bonds is 6. The molecule has 0 fully saturated rings. The summed E-state index contributed by atoms with van der Waals surface area (Å²) in [5.41, 5.74) is 1.83. The molecule has 0 saturated heterocycles. The van der Waals surface area contributed by atoms with Crippen LogP contribution in [0.5, 0.6) is 5.75 Å². The fraction of sp³-hybridized carbons (Fsp3) is 0.0455. The van der Waals surface area contributed by atoms with Crippen LogP contribution in [0, 0.1) is 11.3 Å². The van der Waals surface area contributed by atoms with E-state index in [-0.39, 0.29) is 11.7 Å². The van der Waals surface area contributed by atoms with Crippen molar-refractivity contribution in [3.8, 4) is 22.4 Å². The number of carbonyl (C=O) groups is 1. The van der Waals surface area contributed by atoms with Crippen molar-refractivity contribution < 1.29 is 13.9 Å². The molecule has 148 valence electrons. The van der Waals surface area contributed by atoms with Crippen molar-refractivity contribution in [2.45, 2.75) is 0 Å². The van der Waals surface area contributed by atoms with Gasteiger partial charge in [0.2, 0.25) is 0 Å². The minimum Gasteiger partial charge on any atom is -0.497 e. The van der Waals surface area contributed by atoms with Gasteiger partial charge in [0, 0.05) is 0 Å². The van der Waals surface area contributed by atoms with Crippen molar-refractivity contribution in [1.29, 1.82) is 5.26 Å². The minimum atomic E-state index is -0.372. The molecular formula is C22H15N3O3S2. The number of carbonyl (C=O) groups excluding carboxylic acids is 1. The van der Waals surface area contributed by atoms with Crippen molar-refractivity contribution in [2.24, 2.45) is 0 Å². The summed E-state index contributed by atoms with van der Waals surface area (Å²) >= 11 is 2.75. The van der Waals surface area contributed by atoms with E-state index in [9.17, 15) is 10.1 Å². The molecule has 0 aliphatic carbocycles. The fourth-order valence-corrected chi connectivity index (χ4v) is 4.44. The first-order chi connectivity index (χ1) is 14.7. The van der Waals surface area contributed by atoms with Gasteiger partial charge in [-0.3, -0.25) is 4.79 Å². The fourth-order valence-electron chi connectivity index (χ4n) is 2.71. The van der Waals surface area contributed by atoms with Crippen LogP contribution < -0.4 is 10.1 Å². The third-order valence-corrected chi connectivity index (χ3v) is 5.99. The third kappa shape index (κ3) is 4.17. The maximum Gasteiger partial charge on any atom is 0.292 e. The van der Waals surface area contributed by atoms with Gasteiger partial charge in [0.1, 0.15) is 27.5 Å². The molecule has 3 aromatic heterocycles. The molecule has 8 heteroatoms. The molecule has 0 bridgehead atoms. The van der Waals surface area contributed by atoms with Crippen LogP contribution >= 0.6 is 22.7 Å². The Morgan fingerprint density at radius 2 is 2.17 bits per heavy atom. The number of furan rings is 1. The van der Waals surface area contributed by atoms with E-state index in [4.69, 9.17) is 9.15 Å². The Bertz CT molecular complexity index is 1230. The van der Waals surface area contributed by atoms with Crippen molar-refractivity contribution in [3.63, 3.8) is 0 Å². The minimum absolute atomic E-state index is 0.203. The standard InChI is InChI=1S/C22H15N3O3S2/c1-27-16-6-2-5-14(12-16)11-15(13-23)21-24-19(18-8-4-10-29-18)22(30-21)25-20(26)17-7-3-9-28-17/h2-12H,1H3,(H,25,26)/b15-11+. The Morgan fingerprint density at radius 3 is 2.87 bits per heavy atom. The molecule has 0 saturated carbocycles. The number of benzene rings is 1. The van der Waals surface area contributed by atoms with E-state index in [0.29, 0.717) is 27.0 Å². The van der Waals surface area contributed by atoms with Crippen LogP contribution in [0.25, 0.3) is 22.2 Å². The molecule has 4 rings (SSSR count). The van der Waals surface area contributed by atoms with Gasteiger partial charge >= 0.3 is 0 Å². The zero-order chi connectivity index (χ0) is 20.9. The Labute approximate surface area is 180 Å². The Balaban J connectivity index is 1.73. The van der Waals surface area contributed by atoms with Gasteiger partial charge in [0.05, 0.1) is 23.8 Å². The maximum absolute atomic E-state index is 12.5. The lowest BCUT2D eigenvalue weighted by Gasteiger charge is -2.01. The second kappa shape index (κ2) is 8.78. The molecule has 1 amide bonds. The number of nitriles is 1. The van der Waals surface area contributed by atoms with E-state index in [2.05, 4.69) is 16.4 Å². The number of hydrogen-bond acceptors (Lipinski definition) is 7. The highest BCUT2D eigenvalue weighted by Gasteiger charge is 2.20.